The third-order valence-corrected chi connectivity index (χ3v) is 5.18. The van der Waals surface area contributed by atoms with Crippen molar-refractivity contribution in [3.63, 3.8) is 0 Å². The molecule has 0 saturated carbocycles. The Morgan fingerprint density at radius 1 is 0.750 bits per heavy atom. The predicted molar refractivity (Wildman–Crippen MR) is 103 cm³/mol. The number of benzene rings is 3. The zero-order valence-electron chi connectivity index (χ0n) is 14.5. The molecule has 7 nitrogen and oxygen atoms in total. The summed E-state index contributed by atoms with van der Waals surface area (Å²) in [6, 6.07) is 21.1. The highest BCUT2D eigenvalue weighted by Crippen LogP contribution is 2.19. The van der Waals surface area contributed by atoms with Gasteiger partial charge in [-0.1, -0.05) is 36.4 Å². The Hall–Kier alpha value is -3.49. The van der Waals surface area contributed by atoms with E-state index in [2.05, 4.69) is 4.83 Å². The number of aromatic carboxylic acids is 1. The molecule has 3 aromatic rings. The van der Waals surface area contributed by atoms with Crippen molar-refractivity contribution in [2.24, 2.45) is 0 Å². The van der Waals surface area contributed by atoms with Crippen molar-refractivity contribution in [1.82, 2.24) is 4.83 Å². The number of carboxylic acid groups (broad SMARTS) is 1. The van der Waals surface area contributed by atoms with E-state index in [1.807, 2.05) is 0 Å². The van der Waals surface area contributed by atoms with E-state index in [-0.39, 0.29) is 21.7 Å². The van der Waals surface area contributed by atoms with Crippen LogP contribution in [0.3, 0.4) is 0 Å². The first-order valence-electron chi connectivity index (χ1n) is 8.19. The maximum atomic E-state index is 13.0. The molecule has 0 aliphatic rings. The molecule has 0 heterocycles. The standard InChI is InChI=1S/C20H16N2O5S/c23-19(15-7-3-1-4-8-15)22(17-13-11-16(12-14-17)20(24)25)21-28(26,27)18-9-5-2-6-10-18/h1-14,21H,(H,24,25). The van der Waals surface area contributed by atoms with Crippen molar-refractivity contribution in [1.29, 1.82) is 0 Å². The van der Waals surface area contributed by atoms with Crippen molar-refractivity contribution < 1.29 is 23.1 Å². The van der Waals surface area contributed by atoms with Crippen LogP contribution < -0.4 is 9.84 Å². The summed E-state index contributed by atoms with van der Waals surface area (Å²) in [4.78, 5) is 26.3. The first kappa shape index (κ1) is 19.3. The third kappa shape index (κ3) is 4.25. The van der Waals surface area contributed by atoms with Gasteiger partial charge in [0.05, 0.1) is 16.1 Å². The lowest BCUT2D eigenvalue weighted by atomic mass is 10.1. The number of carboxylic acids is 1. The Labute approximate surface area is 161 Å². The summed E-state index contributed by atoms with van der Waals surface area (Å²) in [5, 5.41) is 9.92. The van der Waals surface area contributed by atoms with Crippen LogP contribution in [0.1, 0.15) is 20.7 Å². The molecule has 0 bridgehead atoms. The Morgan fingerprint density at radius 3 is 1.82 bits per heavy atom. The lowest BCUT2D eigenvalue weighted by Gasteiger charge is -2.23. The first-order chi connectivity index (χ1) is 13.4. The Bertz CT molecular complexity index is 1080. The lowest BCUT2D eigenvalue weighted by molar-refractivity contribution is 0.0696. The van der Waals surface area contributed by atoms with Crippen LogP contribution in [0.5, 0.6) is 0 Å². The van der Waals surface area contributed by atoms with Crippen molar-refractivity contribution in [3.05, 3.63) is 96.1 Å². The molecule has 2 N–H and O–H groups in total. The molecule has 0 spiro atoms. The molecule has 3 aromatic carbocycles. The molecular weight excluding hydrogens is 380 g/mol. The molecule has 28 heavy (non-hydrogen) atoms. The predicted octanol–water partition coefficient (Wildman–Crippen LogP) is 2.93. The first-order valence-corrected chi connectivity index (χ1v) is 9.67. The van der Waals surface area contributed by atoms with Crippen LogP contribution >= 0.6 is 0 Å². The van der Waals surface area contributed by atoms with Crippen molar-refractivity contribution in [3.8, 4) is 0 Å². The highest BCUT2D eigenvalue weighted by atomic mass is 32.2. The van der Waals surface area contributed by atoms with Gasteiger partial charge in [0, 0.05) is 5.56 Å². The number of amides is 1. The molecule has 0 aliphatic heterocycles. The summed E-state index contributed by atoms with van der Waals surface area (Å²) < 4.78 is 25.5. The van der Waals surface area contributed by atoms with Gasteiger partial charge in [-0.3, -0.25) is 4.79 Å². The van der Waals surface area contributed by atoms with Gasteiger partial charge in [-0.15, -0.1) is 4.83 Å². The number of nitrogens with one attached hydrogen (secondary N) is 1. The second-order valence-electron chi connectivity index (χ2n) is 5.77. The minimum absolute atomic E-state index is 0.0111. The van der Waals surface area contributed by atoms with Crippen LogP contribution in [0.25, 0.3) is 0 Å². The highest BCUT2D eigenvalue weighted by molar-refractivity contribution is 7.89. The number of nitrogens with zero attached hydrogens (tertiary/aromatic N) is 1. The van der Waals surface area contributed by atoms with Gasteiger partial charge in [-0.2, -0.15) is 0 Å². The van der Waals surface area contributed by atoms with Gasteiger partial charge in [-0.05, 0) is 48.5 Å². The fourth-order valence-electron chi connectivity index (χ4n) is 2.45. The van der Waals surface area contributed by atoms with E-state index in [4.69, 9.17) is 5.11 Å². The number of carbonyl (C=O) groups excluding carboxylic acids is 1. The van der Waals surface area contributed by atoms with Crippen LogP contribution in [0.2, 0.25) is 0 Å². The molecule has 1 amide bonds. The van der Waals surface area contributed by atoms with E-state index in [9.17, 15) is 18.0 Å². The molecule has 142 valence electrons. The normalized spacial score (nSPS) is 11.0. The summed E-state index contributed by atoms with van der Waals surface area (Å²) in [6.07, 6.45) is 0. The second-order valence-corrected chi connectivity index (χ2v) is 7.43. The zero-order chi connectivity index (χ0) is 20.1. The summed E-state index contributed by atoms with van der Waals surface area (Å²) in [6.45, 7) is 0. The molecular formula is C20H16N2O5S. The Kier molecular flexibility index (Phi) is 5.53. The molecule has 0 aliphatic carbocycles. The Balaban J connectivity index is 2.02. The number of sulfonamides is 1. The Morgan fingerprint density at radius 2 is 1.29 bits per heavy atom. The van der Waals surface area contributed by atoms with E-state index >= 15 is 0 Å². The number of anilines is 1. The van der Waals surface area contributed by atoms with E-state index < -0.39 is 21.9 Å². The zero-order valence-corrected chi connectivity index (χ0v) is 15.3. The van der Waals surface area contributed by atoms with Gasteiger partial charge < -0.3 is 5.11 Å². The minimum atomic E-state index is -4.05. The van der Waals surface area contributed by atoms with Gasteiger partial charge in [-0.25, -0.2) is 18.2 Å². The average molecular weight is 396 g/mol. The van der Waals surface area contributed by atoms with Gasteiger partial charge in [0.15, 0.2) is 0 Å². The molecule has 8 heteroatoms. The van der Waals surface area contributed by atoms with Crippen molar-refractivity contribution in [2.75, 3.05) is 5.01 Å². The SMILES string of the molecule is O=C(O)c1ccc(N(NS(=O)(=O)c2ccccc2)C(=O)c2ccccc2)cc1. The summed E-state index contributed by atoms with van der Waals surface area (Å²) in [5.74, 6) is -1.74. The number of carbonyl (C=O) groups is 2. The highest BCUT2D eigenvalue weighted by Gasteiger charge is 2.25. The van der Waals surface area contributed by atoms with Crippen molar-refractivity contribution >= 4 is 27.6 Å². The number of rotatable bonds is 6. The van der Waals surface area contributed by atoms with Gasteiger partial charge >= 0.3 is 5.97 Å². The number of hydrogen-bond donors (Lipinski definition) is 2. The van der Waals surface area contributed by atoms with Gasteiger partial charge in [0.2, 0.25) is 0 Å². The van der Waals surface area contributed by atoms with Crippen LogP contribution in [0.15, 0.2) is 89.8 Å². The van der Waals surface area contributed by atoms with Crippen LogP contribution in [-0.2, 0) is 10.0 Å². The van der Waals surface area contributed by atoms with Gasteiger partial charge in [0.25, 0.3) is 15.9 Å². The second kappa shape index (κ2) is 8.03. The van der Waals surface area contributed by atoms with E-state index in [0.29, 0.717) is 0 Å². The molecule has 0 radical (unpaired) electrons. The number of hydrazine groups is 1. The van der Waals surface area contributed by atoms with E-state index in [1.165, 1.54) is 36.4 Å². The molecule has 0 atom stereocenters. The fraction of sp³-hybridized carbons (Fsp3) is 0. The average Bonchev–Trinajstić information content (AvgIpc) is 2.73. The minimum Gasteiger partial charge on any atom is -0.478 e. The molecule has 0 aromatic heterocycles. The van der Waals surface area contributed by atoms with Crippen LogP contribution in [-0.4, -0.2) is 25.4 Å². The smallest absolute Gasteiger partial charge is 0.335 e. The van der Waals surface area contributed by atoms with Crippen LogP contribution in [0.4, 0.5) is 5.69 Å². The lowest BCUT2D eigenvalue weighted by Crippen LogP contribution is -2.46. The largest absolute Gasteiger partial charge is 0.478 e. The van der Waals surface area contributed by atoms with Gasteiger partial charge in [0.1, 0.15) is 0 Å². The van der Waals surface area contributed by atoms with Crippen molar-refractivity contribution in [2.45, 2.75) is 4.90 Å². The quantitative estimate of drug-likeness (QED) is 0.624. The molecule has 3 rings (SSSR count). The molecule has 0 saturated heterocycles. The van der Waals surface area contributed by atoms with Crippen LogP contribution in [0, 0.1) is 0 Å². The summed E-state index contributed by atoms with van der Waals surface area (Å²) in [5.41, 5.74) is 0.459. The van der Waals surface area contributed by atoms with E-state index in [1.54, 1.807) is 48.5 Å². The fourth-order valence-corrected chi connectivity index (χ4v) is 3.50. The summed E-state index contributed by atoms with van der Waals surface area (Å²) in [7, 11) is -4.05. The number of hydrogen-bond acceptors (Lipinski definition) is 4. The third-order valence-electron chi connectivity index (χ3n) is 3.86. The maximum absolute atomic E-state index is 13.0. The van der Waals surface area contributed by atoms with E-state index in [0.717, 1.165) is 5.01 Å². The molecule has 0 fully saturated rings. The topological polar surface area (TPSA) is 104 Å². The summed E-state index contributed by atoms with van der Waals surface area (Å²) >= 11 is 0. The molecule has 0 unspecified atom stereocenters. The maximum Gasteiger partial charge on any atom is 0.335 e. The monoisotopic (exact) mass is 396 g/mol.